The van der Waals surface area contributed by atoms with Crippen LogP contribution in [0, 0.1) is 17.0 Å². The summed E-state index contributed by atoms with van der Waals surface area (Å²) in [5.41, 5.74) is 1.97. The zero-order chi connectivity index (χ0) is 21.2. The van der Waals surface area contributed by atoms with Crippen molar-refractivity contribution >= 4 is 23.5 Å². The molecule has 10 heteroatoms. The Morgan fingerprint density at radius 3 is 2.38 bits per heavy atom. The van der Waals surface area contributed by atoms with Gasteiger partial charge in [-0.05, 0) is 43.7 Å². The van der Waals surface area contributed by atoms with Crippen molar-refractivity contribution in [3.8, 4) is 5.75 Å². The largest absolute Gasteiger partial charge is 0.484 e. The van der Waals surface area contributed by atoms with Gasteiger partial charge in [0.2, 0.25) is 0 Å². The van der Waals surface area contributed by atoms with Gasteiger partial charge >= 0.3 is 6.03 Å². The quantitative estimate of drug-likeness (QED) is 0.433. The summed E-state index contributed by atoms with van der Waals surface area (Å²) in [6, 6.07) is 11.4. The molecule has 2 N–H and O–H groups in total. The Morgan fingerprint density at radius 2 is 1.79 bits per heavy atom. The lowest BCUT2D eigenvalue weighted by Crippen LogP contribution is -2.49. The second kappa shape index (κ2) is 7.58. The van der Waals surface area contributed by atoms with Gasteiger partial charge in [0, 0.05) is 12.1 Å². The molecule has 1 aliphatic heterocycles. The van der Waals surface area contributed by atoms with E-state index in [0.717, 1.165) is 5.56 Å². The van der Waals surface area contributed by atoms with E-state index in [4.69, 9.17) is 4.74 Å². The van der Waals surface area contributed by atoms with Crippen molar-refractivity contribution in [2.24, 2.45) is 0 Å². The minimum absolute atomic E-state index is 0.146. The lowest BCUT2D eigenvalue weighted by molar-refractivity contribution is -0.384. The van der Waals surface area contributed by atoms with Crippen LogP contribution in [0.15, 0.2) is 48.5 Å². The average molecular weight is 398 g/mol. The van der Waals surface area contributed by atoms with E-state index < -0.39 is 34.9 Å². The Balaban J connectivity index is 1.67. The number of rotatable bonds is 6. The molecule has 1 heterocycles. The molecule has 29 heavy (non-hydrogen) atoms. The third kappa shape index (κ3) is 4.00. The van der Waals surface area contributed by atoms with Crippen molar-refractivity contribution in [1.29, 1.82) is 0 Å². The van der Waals surface area contributed by atoms with Crippen LogP contribution in [-0.4, -0.2) is 34.4 Å². The van der Waals surface area contributed by atoms with Crippen molar-refractivity contribution in [1.82, 2.24) is 15.8 Å². The summed E-state index contributed by atoms with van der Waals surface area (Å²) >= 11 is 0. The first-order valence-electron chi connectivity index (χ1n) is 8.61. The van der Waals surface area contributed by atoms with E-state index in [1.165, 1.54) is 31.2 Å². The monoisotopic (exact) mass is 398 g/mol. The molecular formula is C19H18N4O6. The van der Waals surface area contributed by atoms with Gasteiger partial charge in [-0.1, -0.05) is 17.7 Å². The number of nitro groups is 1. The number of amides is 4. The number of hydrogen-bond acceptors (Lipinski definition) is 6. The van der Waals surface area contributed by atoms with Crippen LogP contribution < -0.4 is 15.5 Å². The van der Waals surface area contributed by atoms with E-state index in [9.17, 15) is 24.5 Å². The van der Waals surface area contributed by atoms with E-state index >= 15 is 0 Å². The number of hydrazine groups is 1. The first kappa shape index (κ1) is 19.8. The fourth-order valence-electron chi connectivity index (χ4n) is 2.79. The summed E-state index contributed by atoms with van der Waals surface area (Å²) in [5.74, 6) is -0.944. The van der Waals surface area contributed by atoms with Gasteiger partial charge in [0.1, 0.15) is 11.3 Å². The molecule has 1 atom stereocenters. The smallest absolute Gasteiger partial charge is 0.344 e. The lowest BCUT2D eigenvalue weighted by Gasteiger charge is -2.22. The molecule has 1 fully saturated rings. The minimum Gasteiger partial charge on any atom is -0.484 e. The van der Waals surface area contributed by atoms with Crippen molar-refractivity contribution in [3.63, 3.8) is 0 Å². The summed E-state index contributed by atoms with van der Waals surface area (Å²) < 4.78 is 5.33. The first-order valence-corrected chi connectivity index (χ1v) is 8.61. The maximum atomic E-state index is 12.8. The standard InChI is InChI=1S/C19H18N4O6/c1-12-3-9-15(10-4-12)29-11-16(24)21-22-17(25)19(2,20-18(22)26)13-5-7-14(8-6-13)23(27)28/h3-10H,11H2,1-2H3,(H,20,26)(H,21,24)/t19-/m0/s1. The zero-order valence-corrected chi connectivity index (χ0v) is 15.7. The molecule has 1 aliphatic rings. The second-order valence-electron chi connectivity index (χ2n) is 6.64. The van der Waals surface area contributed by atoms with E-state index in [0.29, 0.717) is 16.3 Å². The number of hydrogen-bond donors (Lipinski definition) is 2. The Morgan fingerprint density at radius 1 is 1.17 bits per heavy atom. The summed E-state index contributed by atoms with van der Waals surface area (Å²) in [4.78, 5) is 47.3. The Hall–Kier alpha value is -3.95. The summed E-state index contributed by atoms with van der Waals surface area (Å²) in [6.07, 6.45) is 0. The zero-order valence-electron chi connectivity index (χ0n) is 15.7. The van der Waals surface area contributed by atoms with Crippen LogP contribution in [-0.2, 0) is 15.1 Å². The van der Waals surface area contributed by atoms with Crippen molar-refractivity contribution < 1.29 is 24.0 Å². The van der Waals surface area contributed by atoms with Crippen LogP contribution in [0.2, 0.25) is 0 Å². The number of urea groups is 1. The maximum Gasteiger partial charge on any atom is 0.344 e. The number of imide groups is 1. The highest BCUT2D eigenvalue weighted by molar-refractivity contribution is 6.08. The molecule has 2 aromatic carbocycles. The van der Waals surface area contributed by atoms with Crippen LogP contribution in [0.3, 0.4) is 0 Å². The molecule has 4 amide bonds. The van der Waals surface area contributed by atoms with Crippen LogP contribution in [0.5, 0.6) is 5.75 Å². The molecule has 0 radical (unpaired) electrons. The van der Waals surface area contributed by atoms with Crippen LogP contribution >= 0.6 is 0 Å². The molecule has 10 nitrogen and oxygen atoms in total. The van der Waals surface area contributed by atoms with Crippen LogP contribution in [0.25, 0.3) is 0 Å². The summed E-state index contributed by atoms with van der Waals surface area (Å²) in [6.45, 7) is 2.97. The predicted molar refractivity (Wildman–Crippen MR) is 101 cm³/mol. The Bertz CT molecular complexity index is 973. The Kier molecular flexibility index (Phi) is 5.18. The SMILES string of the molecule is Cc1ccc(OCC(=O)NN2C(=O)N[C@@](C)(c3ccc([N+](=O)[O-])cc3)C2=O)cc1. The van der Waals surface area contributed by atoms with Crippen molar-refractivity contribution in [2.75, 3.05) is 6.61 Å². The van der Waals surface area contributed by atoms with Gasteiger partial charge in [0.15, 0.2) is 6.61 Å². The number of nitrogens with one attached hydrogen (secondary N) is 2. The van der Waals surface area contributed by atoms with Gasteiger partial charge in [-0.2, -0.15) is 5.01 Å². The number of carbonyl (C=O) groups is 3. The molecular weight excluding hydrogens is 380 g/mol. The molecule has 0 spiro atoms. The van der Waals surface area contributed by atoms with E-state index in [1.54, 1.807) is 12.1 Å². The molecule has 0 saturated carbocycles. The van der Waals surface area contributed by atoms with Crippen molar-refractivity contribution in [3.05, 3.63) is 69.8 Å². The number of nitrogens with zero attached hydrogens (tertiary/aromatic N) is 2. The van der Waals surface area contributed by atoms with Crippen molar-refractivity contribution in [2.45, 2.75) is 19.4 Å². The van der Waals surface area contributed by atoms with E-state index in [1.807, 2.05) is 19.1 Å². The number of non-ortho nitro benzene ring substituents is 1. The molecule has 0 bridgehead atoms. The van der Waals surface area contributed by atoms with E-state index in [-0.39, 0.29) is 5.69 Å². The first-order chi connectivity index (χ1) is 13.7. The highest BCUT2D eigenvalue weighted by Crippen LogP contribution is 2.29. The number of aryl methyl sites for hydroxylation is 1. The fraction of sp³-hybridized carbons (Fsp3) is 0.211. The fourth-order valence-corrected chi connectivity index (χ4v) is 2.79. The third-order valence-electron chi connectivity index (χ3n) is 4.47. The lowest BCUT2D eigenvalue weighted by atomic mass is 9.92. The van der Waals surface area contributed by atoms with Gasteiger partial charge in [0.25, 0.3) is 17.5 Å². The molecule has 0 aliphatic carbocycles. The topological polar surface area (TPSA) is 131 Å². The van der Waals surface area contributed by atoms with Gasteiger partial charge in [-0.3, -0.25) is 25.1 Å². The van der Waals surface area contributed by atoms with Gasteiger partial charge in [-0.15, -0.1) is 0 Å². The number of ether oxygens (including phenoxy) is 1. The van der Waals surface area contributed by atoms with Gasteiger partial charge in [-0.25, -0.2) is 4.79 Å². The number of nitro benzene ring substituents is 1. The van der Waals surface area contributed by atoms with Crippen LogP contribution in [0.4, 0.5) is 10.5 Å². The van der Waals surface area contributed by atoms with E-state index in [2.05, 4.69) is 10.7 Å². The number of benzene rings is 2. The van der Waals surface area contributed by atoms with Gasteiger partial charge < -0.3 is 10.1 Å². The average Bonchev–Trinajstić information content (AvgIpc) is 2.91. The normalized spacial score (nSPS) is 18.3. The molecule has 2 aromatic rings. The Labute approximate surface area is 165 Å². The molecule has 3 rings (SSSR count). The molecule has 1 saturated heterocycles. The maximum absolute atomic E-state index is 12.8. The predicted octanol–water partition coefficient (Wildman–Crippen LogP) is 1.78. The molecule has 0 aromatic heterocycles. The third-order valence-corrected chi connectivity index (χ3v) is 4.47. The second-order valence-corrected chi connectivity index (χ2v) is 6.64. The summed E-state index contributed by atoms with van der Waals surface area (Å²) in [7, 11) is 0. The molecule has 150 valence electrons. The van der Waals surface area contributed by atoms with Crippen LogP contribution in [0.1, 0.15) is 18.1 Å². The number of carbonyl (C=O) groups excluding carboxylic acids is 3. The highest BCUT2D eigenvalue weighted by Gasteiger charge is 2.50. The summed E-state index contributed by atoms with van der Waals surface area (Å²) in [5, 5.41) is 13.8. The minimum atomic E-state index is -1.47. The molecule has 0 unspecified atom stereocenters. The van der Waals surface area contributed by atoms with Gasteiger partial charge in [0.05, 0.1) is 4.92 Å². The highest BCUT2D eigenvalue weighted by atomic mass is 16.6.